The molecule has 0 saturated carbocycles. The average Bonchev–Trinajstić information content (AvgIpc) is 3.10. The zero-order chi connectivity index (χ0) is 17.2. The van der Waals surface area contributed by atoms with Crippen molar-refractivity contribution in [2.75, 3.05) is 17.7 Å². The van der Waals surface area contributed by atoms with Crippen molar-refractivity contribution in [2.24, 2.45) is 0 Å². The first-order valence-electron chi connectivity index (χ1n) is 7.76. The third-order valence-electron chi connectivity index (χ3n) is 3.87. The predicted octanol–water partition coefficient (Wildman–Crippen LogP) is 2.91. The largest absolute Gasteiger partial charge is 0.454 e. The summed E-state index contributed by atoms with van der Waals surface area (Å²) in [6.45, 7) is 0.474. The summed E-state index contributed by atoms with van der Waals surface area (Å²) in [7, 11) is 0. The predicted molar refractivity (Wildman–Crippen MR) is 96.9 cm³/mol. The lowest BCUT2D eigenvalue weighted by Crippen LogP contribution is -2.25. The molecule has 0 atom stereocenters. The van der Waals surface area contributed by atoms with Crippen molar-refractivity contribution in [2.45, 2.75) is 0 Å². The van der Waals surface area contributed by atoms with Gasteiger partial charge in [-0.15, -0.1) is 11.8 Å². The Morgan fingerprint density at radius 1 is 1.20 bits per heavy atom. The minimum Gasteiger partial charge on any atom is -0.454 e. The molecule has 4 rings (SSSR count). The van der Waals surface area contributed by atoms with E-state index in [9.17, 15) is 9.59 Å². The van der Waals surface area contributed by atoms with Crippen LogP contribution in [0.4, 0.5) is 5.69 Å². The number of benzene rings is 2. The van der Waals surface area contributed by atoms with Crippen LogP contribution in [0, 0.1) is 0 Å². The van der Waals surface area contributed by atoms with Gasteiger partial charge in [-0.05, 0) is 30.3 Å². The lowest BCUT2D eigenvalue weighted by atomic mass is 10.1. The van der Waals surface area contributed by atoms with Gasteiger partial charge in [0.2, 0.25) is 0 Å². The molecule has 126 valence electrons. The van der Waals surface area contributed by atoms with Crippen molar-refractivity contribution in [3.63, 3.8) is 0 Å². The maximum Gasteiger partial charge on any atom is 0.259 e. The Morgan fingerprint density at radius 2 is 2.08 bits per heavy atom. The van der Waals surface area contributed by atoms with Crippen LogP contribution in [0.15, 0.2) is 53.6 Å². The average molecular weight is 353 g/mol. The molecular formula is C18H15N3O3S. The van der Waals surface area contributed by atoms with E-state index in [0.717, 1.165) is 10.8 Å². The molecule has 0 radical (unpaired) electrons. The summed E-state index contributed by atoms with van der Waals surface area (Å²) in [6, 6.07) is 12.0. The van der Waals surface area contributed by atoms with E-state index in [1.165, 1.54) is 0 Å². The number of carbonyl (C=O) groups excluding carboxylic acids is 2. The first kappa shape index (κ1) is 15.6. The molecule has 2 heterocycles. The second-order valence-corrected chi connectivity index (χ2v) is 6.65. The SMILES string of the molecule is O=C(NCC1=CNCS1)c1ccc2c(c1)NC(=O)c1ccccc1O2. The van der Waals surface area contributed by atoms with Gasteiger partial charge in [0.1, 0.15) is 5.75 Å². The van der Waals surface area contributed by atoms with Crippen molar-refractivity contribution in [3.05, 3.63) is 64.7 Å². The van der Waals surface area contributed by atoms with Crippen LogP contribution in [-0.2, 0) is 0 Å². The fourth-order valence-corrected chi connectivity index (χ4v) is 3.31. The van der Waals surface area contributed by atoms with E-state index < -0.39 is 0 Å². The molecule has 7 heteroatoms. The maximum atomic E-state index is 12.4. The molecular weight excluding hydrogens is 338 g/mol. The fourth-order valence-electron chi connectivity index (χ4n) is 2.61. The summed E-state index contributed by atoms with van der Waals surface area (Å²) < 4.78 is 5.81. The van der Waals surface area contributed by atoms with Crippen molar-refractivity contribution >= 4 is 29.3 Å². The molecule has 0 unspecified atom stereocenters. The van der Waals surface area contributed by atoms with Crippen LogP contribution in [-0.4, -0.2) is 24.2 Å². The van der Waals surface area contributed by atoms with Gasteiger partial charge in [0.15, 0.2) is 5.75 Å². The Balaban J connectivity index is 1.55. The first-order chi connectivity index (χ1) is 12.2. The van der Waals surface area contributed by atoms with E-state index in [1.54, 1.807) is 48.2 Å². The molecule has 0 fully saturated rings. The Hall–Kier alpha value is -2.93. The molecule has 0 aliphatic carbocycles. The Kier molecular flexibility index (Phi) is 4.07. The molecule has 0 aromatic heterocycles. The maximum absolute atomic E-state index is 12.4. The molecule has 0 bridgehead atoms. The fraction of sp³-hybridized carbons (Fsp3) is 0.111. The van der Waals surface area contributed by atoms with E-state index in [2.05, 4.69) is 16.0 Å². The van der Waals surface area contributed by atoms with Crippen LogP contribution in [0.1, 0.15) is 20.7 Å². The van der Waals surface area contributed by atoms with Gasteiger partial charge in [-0.1, -0.05) is 12.1 Å². The minimum atomic E-state index is -0.259. The zero-order valence-corrected chi connectivity index (χ0v) is 14.0. The standard InChI is InChI=1S/C18H15N3O3S/c22-17(20-9-12-8-19-10-25-12)11-5-6-16-14(7-11)21-18(23)13-3-1-2-4-15(13)24-16/h1-8,19H,9-10H2,(H,20,22)(H,21,23). The van der Waals surface area contributed by atoms with Crippen LogP contribution in [0.2, 0.25) is 0 Å². The second kappa shape index (κ2) is 6.52. The number of hydrogen-bond acceptors (Lipinski definition) is 5. The summed E-state index contributed by atoms with van der Waals surface area (Å²) in [5, 5.41) is 8.75. The summed E-state index contributed by atoms with van der Waals surface area (Å²) in [4.78, 5) is 25.8. The summed E-state index contributed by atoms with van der Waals surface area (Å²) >= 11 is 1.66. The molecule has 2 amide bonds. The van der Waals surface area contributed by atoms with Gasteiger partial charge >= 0.3 is 0 Å². The van der Waals surface area contributed by atoms with E-state index in [1.807, 2.05) is 12.3 Å². The minimum absolute atomic E-state index is 0.202. The highest BCUT2D eigenvalue weighted by atomic mass is 32.2. The molecule has 2 aliphatic rings. The van der Waals surface area contributed by atoms with Crippen LogP contribution in [0.5, 0.6) is 11.5 Å². The van der Waals surface area contributed by atoms with Gasteiger partial charge in [0.05, 0.1) is 23.7 Å². The summed E-state index contributed by atoms with van der Waals surface area (Å²) in [6.07, 6.45) is 1.90. The van der Waals surface area contributed by atoms with E-state index in [-0.39, 0.29) is 11.8 Å². The molecule has 2 aromatic carbocycles. The van der Waals surface area contributed by atoms with Crippen molar-refractivity contribution in [1.82, 2.24) is 10.6 Å². The molecule has 2 aromatic rings. The zero-order valence-electron chi connectivity index (χ0n) is 13.2. The van der Waals surface area contributed by atoms with Gasteiger partial charge in [0, 0.05) is 16.7 Å². The van der Waals surface area contributed by atoms with Gasteiger partial charge in [-0.25, -0.2) is 0 Å². The first-order valence-corrected chi connectivity index (χ1v) is 8.75. The van der Waals surface area contributed by atoms with Gasteiger partial charge in [-0.3, -0.25) is 9.59 Å². The van der Waals surface area contributed by atoms with Crippen LogP contribution < -0.4 is 20.7 Å². The molecule has 3 N–H and O–H groups in total. The van der Waals surface area contributed by atoms with Crippen molar-refractivity contribution < 1.29 is 14.3 Å². The number of hydrogen-bond donors (Lipinski definition) is 3. The summed E-state index contributed by atoms with van der Waals surface area (Å²) in [5.74, 6) is 1.37. The highest BCUT2D eigenvalue weighted by molar-refractivity contribution is 8.03. The van der Waals surface area contributed by atoms with Gasteiger partial charge in [0.25, 0.3) is 11.8 Å². The molecule has 2 aliphatic heterocycles. The van der Waals surface area contributed by atoms with Gasteiger partial charge in [-0.2, -0.15) is 0 Å². The Bertz CT molecular complexity index is 895. The molecule has 0 saturated heterocycles. The second-order valence-electron chi connectivity index (χ2n) is 5.55. The lowest BCUT2D eigenvalue weighted by molar-refractivity contribution is 0.0956. The van der Waals surface area contributed by atoms with Gasteiger partial charge < -0.3 is 20.7 Å². The number of nitrogens with one attached hydrogen (secondary N) is 3. The number of anilines is 1. The third kappa shape index (κ3) is 3.18. The van der Waals surface area contributed by atoms with Crippen LogP contribution in [0.3, 0.4) is 0 Å². The van der Waals surface area contributed by atoms with E-state index in [0.29, 0.717) is 34.9 Å². The Morgan fingerprint density at radius 3 is 2.92 bits per heavy atom. The van der Waals surface area contributed by atoms with Crippen LogP contribution >= 0.6 is 11.8 Å². The number of carbonyl (C=O) groups is 2. The highest BCUT2D eigenvalue weighted by Crippen LogP contribution is 2.36. The number of ether oxygens (including phenoxy) is 1. The number of thioether (sulfide) groups is 1. The van der Waals surface area contributed by atoms with Crippen LogP contribution in [0.25, 0.3) is 0 Å². The molecule has 25 heavy (non-hydrogen) atoms. The van der Waals surface area contributed by atoms with E-state index in [4.69, 9.17) is 4.74 Å². The Labute approximate surface area is 148 Å². The highest BCUT2D eigenvalue weighted by Gasteiger charge is 2.21. The third-order valence-corrected chi connectivity index (χ3v) is 4.81. The monoisotopic (exact) mass is 353 g/mol. The normalized spacial score (nSPS) is 14.9. The smallest absolute Gasteiger partial charge is 0.259 e. The number of fused-ring (bicyclic) bond motifs is 2. The number of rotatable bonds is 3. The lowest BCUT2D eigenvalue weighted by Gasteiger charge is -2.10. The van der Waals surface area contributed by atoms with Crippen molar-refractivity contribution in [1.29, 1.82) is 0 Å². The van der Waals surface area contributed by atoms with Crippen molar-refractivity contribution in [3.8, 4) is 11.5 Å². The molecule has 6 nitrogen and oxygen atoms in total. The topological polar surface area (TPSA) is 79.5 Å². The quantitative estimate of drug-likeness (QED) is 0.791. The number of amides is 2. The number of para-hydroxylation sites is 1. The summed E-state index contributed by atoms with van der Waals surface area (Å²) in [5.41, 5.74) is 1.40. The van der Waals surface area contributed by atoms with E-state index >= 15 is 0 Å². The molecule has 0 spiro atoms.